The molecule has 9 rings (SSSR count). The van der Waals surface area contributed by atoms with E-state index in [0.717, 1.165) is 38.0 Å². The molecule has 0 amide bonds. The number of nitrogens with one attached hydrogen (secondary N) is 1. The molecule has 0 fully saturated rings. The van der Waals surface area contributed by atoms with Crippen molar-refractivity contribution in [2.24, 2.45) is 0 Å². The largest absolute Gasteiger partial charge is 0.457 e. The van der Waals surface area contributed by atoms with Gasteiger partial charge in [0.2, 0.25) is 0 Å². The van der Waals surface area contributed by atoms with E-state index in [2.05, 4.69) is 17.4 Å². The number of hydrogen-bond acceptors (Lipinski definition) is 11. The second-order valence-electron chi connectivity index (χ2n) is 15.1. The third kappa shape index (κ3) is 10.5. The molecule has 0 unspecified atom stereocenters. The van der Waals surface area contributed by atoms with Gasteiger partial charge in [-0.1, -0.05) is 36.0 Å². The Morgan fingerprint density at radius 2 is 0.708 bits per heavy atom. The van der Waals surface area contributed by atoms with E-state index in [9.17, 15) is 0 Å². The van der Waals surface area contributed by atoms with Gasteiger partial charge in [-0.05, 0) is 187 Å². The number of hydrogen-bond donors (Lipinski definition) is 6. The zero-order valence-electron chi connectivity index (χ0n) is 35.0. The molecular weight excluding hydrogens is 829 g/mol. The van der Waals surface area contributed by atoms with Gasteiger partial charge in [-0.25, -0.2) is 0 Å². The summed E-state index contributed by atoms with van der Waals surface area (Å²) in [5.41, 5.74) is 38.9. The van der Waals surface area contributed by atoms with Gasteiger partial charge in [0.1, 0.15) is 40.2 Å². The van der Waals surface area contributed by atoms with Gasteiger partial charge in [0.25, 0.3) is 0 Å². The van der Waals surface area contributed by atoms with E-state index >= 15 is 0 Å². The van der Waals surface area contributed by atoms with Crippen molar-refractivity contribution in [1.29, 1.82) is 0 Å². The van der Waals surface area contributed by atoms with E-state index in [1.807, 2.05) is 170 Å². The highest BCUT2D eigenvalue weighted by Crippen LogP contribution is 2.44. The van der Waals surface area contributed by atoms with Crippen molar-refractivity contribution < 1.29 is 18.9 Å². The fourth-order valence-corrected chi connectivity index (χ4v) is 7.71. The maximum atomic E-state index is 6.91. The first-order valence-corrected chi connectivity index (χ1v) is 21.4. The van der Waals surface area contributed by atoms with Gasteiger partial charge in [-0.15, -0.1) is 0 Å². The first-order chi connectivity index (χ1) is 31.6. The highest BCUT2D eigenvalue weighted by atomic mass is 32.2. The molecule has 0 aliphatic heterocycles. The molecule has 9 aromatic carbocycles. The van der Waals surface area contributed by atoms with Crippen molar-refractivity contribution >= 4 is 51.6 Å². The van der Waals surface area contributed by atoms with Gasteiger partial charge in [-0.2, -0.15) is 0 Å². The van der Waals surface area contributed by atoms with Crippen LogP contribution in [0.1, 0.15) is 0 Å². The summed E-state index contributed by atoms with van der Waals surface area (Å²) in [5, 5.41) is 3.53. The molecule has 9 aromatic rings. The van der Waals surface area contributed by atoms with Crippen LogP contribution in [-0.2, 0) is 0 Å². The van der Waals surface area contributed by atoms with Gasteiger partial charge in [-0.3, -0.25) is 0 Å². The Balaban J connectivity index is 0.976. The third-order valence-electron chi connectivity index (χ3n) is 10.2. The minimum absolute atomic E-state index is 0.484. The number of nitrogens with two attached hydrogens (primary N) is 5. The minimum atomic E-state index is 0.484. The lowest BCUT2D eigenvalue weighted by atomic mass is 10.0. The molecule has 11 heteroatoms. The average Bonchev–Trinajstić information content (AvgIpc) is 3.32. The van der Waals surface area contributed by atoms with Crippen LogP contribution in [0.2, 0.25) is 0 Å². The molecule has 0 aliphatic rings. The summed E-state index contributed by atoms with van der Waals surface area (Å²) >= 11 is 1.65. The van der Waals surface area contributed by atoms with Gasteiger partial charge in [0.15, 0.2) is 5.75 Å². The van der Waals surface area contributed by atoms with Crippen LogP contribution in [0, 0.1) is 0 Å². The maximum Gasteiger partial charge on any atom is 0.151 e. The van der Waals surface area contributed by atoms with Crippen molar-refractivity contribution in [3.8, 4) is 68.2 Å². The average molecular weight is 873 g/mol. The summed E-state index contributed by atoms with van der Waals surface area (Å²) in [6.45, 7) is 0. The fourth-order valence-electron chi connectivity index (χ4n) is 6.90. The SMILES string of the molecule is Nc1ccc(Oc2ccc(Oc3cc(-c4cc(N)ccc4Oc4ccc(-c5ccc(Oc6ccc(N)cc6)cc5)cc4)c(N)cc3Nc3ccc(Sc4ccc(N)cc4)cc3)cc2)cc1. The Hall–Kier alpha value is -8.67. The van der Waals surface area contributed by atoms with E-state index in [1.165, 1.54) is 0 Å². The fraction of sp³-hybridized carbons (Fsp3) is 0. The molecule has 0 heterocycles. The second kappa shape index (κ2) is 18.7. The molecule has 0 saturated carbocycles. The zero-order chi connectivity index (χ0) is 44.7. The molecule has 0 saturated heterocycles. The third-order valence-corrected chi connectivity index (χ3v) is 11.3. The van der Waals surface area contributed by atoms with Gasteiger partial charge < -0.3 is 52.9 Å². The zero-order valence-corrected chi connectivity index (χ0v) is 35.8. The molecule has 0 bridgehead atoms. The predicted octanol–water partition coefficient (Wildman–Crippen LogP) is 14.0. The van der Waals surface area contributed by atoms with Crippen LogP contribution in [0.25, 0.3) is 22.3 Å². The molecule has 320 valence electrons. The molecule has 0 radical (unpaired) electrons. The van der Waals surface area contributed by atoms with Crippen LogP contribution >= 0.6 is 11.8 Å². The summed E-state index contributed by atoms with van der Waals surface area (Å²) in [4.78, 5) is 2.17. The lowest BCUT2D eigenvalue weighted by Gasteiger charge is -2.19. The first-order valence-electron chi connectivity index (χ1n) is 20.6. The molecule has 10 nitrogen and oxygen atoms in total. The summed E-state index contributed by atoms with van der Waals surface area (Å²) < 4.78 is 25.2. The number of nitrogen functional groups attached to an aromatic ring is 5. The normalized spacial score (nSPS) is 10.8. The Bertz CT molecular complexity index is 3040. The van der Waals surface area contributed by atoms with E-state index in [-0.39, 0.29) is 0 Å². The monoisotopic (exact) mass is 872 g/mol. The van der Waals surface area contributed by atoms with Gasteiger partial charge >= 0.3 is 0 Å². The lowest BCUT2D eigenvalue weighted by Crippen LogP contribution is -2.00. The van der Waals surface area contributed by atoms with Crippen molar-refractivity contribution in [1.82, 2.24) is 0 Å². The molecule has 0 aromatic heterocycles. The smallest absolute Gasteiger partial charge is 0.151 e. The van der Waals surface area contributed by atoms with E-state index < -0.39 is 0 Å². The van der Waals surface area contributed by atoms with Crippen LogP contribution in [0.15, 0.2) is 210 Å². The van der Waals surface area contributed by atoms with Gasteiger partial charge in [0.05, 0.1) is 5.69 Å². The number of rotatable bonds is 14. The van der Waals surface area contributed by atoms with Crippen molar-refractivity contribution in [2.75, 3.05) is 34.0 Å². The second-order valence-corrected chi connectivity index (χ2v) is 16.2. The summed E-state index contributed by atoms with van der Waals surface area (Å²) in [6, 6.07) is 62.9. The molecule has 65 heavy (non-hydrogen) atoms. The van der Waals surface area contributed by atoms with E-state index in [4.69, 9.17) is 47.6 Å². The van der Waals surface area contributed by atoms with Crippen molar-refractivity contribution in [3.63, 3.8) is 0 Å². The highest BCUT2D eigenvalue weighted by molar-refractivity contribution is 7.99. The van der Waals surface area contributed by atoms with Crippen molar-refractivity contribution in [3.05, 3.63) is 200 Å². The number of ether oxygens (including phenoxy) is 4. The van der Waals surface area contributed by atoms with Crippen LogP contribution in [0.4, 0.5) is 39.8 Å². The molecule has 0 atom stereocenters. The lowest BCUT2D eigenvalue weighted by molar-refractivity contribution is 0.470. The Labute approximate surface area is 381 Å². The standard InChI is InChI=1S/C54H44N6O4S/c55-36-5-18-42(19-6-36)61-41-14-1-34(2-15-41)35-3-16-45(17-4-35)63-53-30-11-39(58)31-50(53)49-32-54(64-46-24-22-44(23-25-46)62-43-20-7-37(56)8-21-43)52(33-51(49)59)60-40-12-28-48(29-13-40)65-47-26-9-38(57)10-27-47/h1-33,60H,55-59H2. The van der Waals surface area contributed by atoms with Crippen LogP contribution in [0.3, 0.4) is 0 Å². The molecular formula is C54H44N6O4S. The van der Waals surface area contributed by atoms with Gasteiger partial charge in [0, 0.05) is 55.0 Å². The number of benzene rings is 9. The van der Waals surface area contributed by atoms with E-state index in [0.29, 0.717) is 79.8 Å². The highest BCUT2D eigenvalue weighted by Gasteiger charge is 2.18. The first kappa shape index (κ1) is 41.7. The van der Waals surface area contributed by atoms with Crippen LogP contribution < -0.4 is 52.9 Å². The Morgan fingerprint density at radius 3 is 1.20 bits per heavy atom. The maximum absolute atomic E-state index is 6.91. The minimum Gasteiger partial charge on any atom is -0.457 e. The Kier molecular flexibility index (Phi) is 12.0. The molecule has 0 aliphatic carbocycles. The van der Waals surface area contributed by atoms with Crippen LogP contribution in [-0.4, -0.2) is 0 Å². The Morgan fingerprint density at radius 1 is 0.323 bits per heavy atom. The number of anilines is 7. The summed E-state index contributed by atoms with van der Waals surface area (Å²) in [7, 11) is 0. The molecule has 0 spiro atoms. The molecule has 11 N–H and O–H groups in total. The quantitative estimate of drug-likeness (QED) is 0.0573. The van der Waals surface area contributed by atoms with Crippen LogP contribution in [0.5, 0.6) is 46.0 Å². The van der Waals surface area contributed by atoms with E-state index in [1.54, 1.807) is 30.0 Å². The topological polar surface area (TPSA) is 179 Å². The summed E-state index contributed by atoms with van der Waals surface area (Å²) in [6.07, 6.45) is 0. The summed E-state index contributed by atoms with van der Waals surface area (Å²) in [5.74, 6) is 5.05. The predicted molar refractivity (Wildman–Crippen MR) is 266 cm³/mol. The van der Waals surface area contributed by atoms with Crippen molar-refractivity contribution in [2.45, 2.75) is 9.79 Å².